The maximum atomic E-state index is 11.4. The van der Waals surface area contributed by atoms with Gasteiger partial charge in [-0.3, -0.25) is 9.59 Å². The standard InChI is InChI=1S/C15H26N2O2/c1-7-15(14(6)19)12(4)17-9-8-16-11(3)10(2)13(5)18/h16-17H,7-9H2,1-6H3. The van der Waals surface area contributed by atoms with Crippen molar-refractivity contribution >= 4 is 11.6 Å². The van der Waals surface area contributed by atoms with Crippen LogP contribution in [-0.2, 0) is 9.59 Å². The van der Waals surface area contributed by atoms with Crippen LogP contribution >= 0.6 is 0 Å². The zero-order chi connectivity index (χ0) is 15.0. The van der Waals surface area contributed by atoms with Gasteiger partial charge < -0.3 is 10.6 Å². The Morgan fingerprint density at radius 3 is 1.63 bits per heavy atom. The Bertz CT molecular complexity index is 406. The molecule has 0 aliphatic carbocycles. The molecular formula is C15H26N2O2. The molecule has 0 atom stereocenters. The Kier molecular flexibility index (Phi) is 7.80. The molecule has 0 saturated carbocycles. The average molecular weight is 266 g/mol. The molecule has 0 spiro atoms. The second kappa shape index (κ2) is 8.51. The molecule has 0 radical (unpaired) electrons. The molecule has 0 aromatic heterocycles. The summed E-state index contributed by atoms with van der Waals surface area (Å²) in [6.45, 7) is 12.2. The summed E-state index contributed by atoms with van der Waals surface area (Å²) in [6.07, 6.45) is 0.740. The number of Topliss-reactive ketones (excluding diaryl/α,β-unsaturated/α-hetero) is 2. The monoisotopic (exact) mass is 266 g/mol. The molecule has 0 aromatic rings. The first-order valence-corrected chi connectivity index (χ1v) is 6.68. The largest absolute Gasteiger partial charge is 0.386 e. The van der Waals surface area contributed by atoms with E-state index in [9.17, 15) is 9.59 Å². The van der Waals surface area contributed by atoms with Gasteiger partial charge in [0, 0.05) is 35.6 Å². The van der Waals surface area contributed by atoms with Gasteiger partial charge in [-0.25, -0.2) is 0 Å². The zero-order valence-electron chi connectivity index (χ0n) is 12.9. The van der Waals surface area contributed by atoms with Crippen LogP contribution in [0.4, 0.5) is 0 Å². The van der Waals surface area contributed by atoms with E-state index in [1.165, 1.54) is 0 Å². The molecule has 19 heavy (non-hydrogen) atoms. The molecule has 0 fully saturated rings. The van der Waals surface area contributed by atoms with Crippen molar-refractivity contribution in [2.45, 2.75) is 48.0 Å². The fourth-order valence-corrected chi connectivity index (χ4v) is 1.78. The van der Waals surface area contributed by atoms with E-state index in [0.29, 0.717) is 13.1 Å². The fraction of sp³-hybridized carbons (Fsp3) is 0.600. The van der Waals surface area contributed by atoms with Crippen molar-refractivity contribution in [2.24, 2.45) is 0 Å². The van der Waals surface area contributed by atoms with E-state index in [4.69, 9.17) is 0 Å². The average Bonchev–Trinajstić information content (AvgIpc) is 2.33. The van der Waals surface area contributed by atoms with E-state index in [-0.39, 0.29) is 11.6 Å². The lowest BCUT2D eigenvalue weighted by Crippen LogP contribution is -2.27. The number of hydrogen-bond acceptors (Lipinski definition) is 4. The Balaban J connectivity index is 4.30. The minimum absolute atomic E-state index is 0.0823. The van der Waals surface area contributed by atoms with Gasteiger partial charge >= 0.3 is 0 Å². The normalized spacial score (nSPS) is 13.4. The van der Waals surface area contributed by atoms with Crippen LogP contribution in [0.2, 0.25) is 0 Å². The second-order valence-electron chi connectivity index (χ2n) is 4.67. The summed E-state index contributed by atoms with van der Waals surface area (Å²) >= 11 is 0. The molecule has 0 heterocycles. The summed E-state index contributed by atoms with van der Waals surface area (Å²) in [5, 5.41) is 6.42. The highest BCUT2D eigenvalue weighted by atomic mass is 16.1. The molecule has 0 bridgehead atoms. The molecule has 0 amide bonds. The number of carbonyl (C=O) groups excluding carboxylic acids is 2. The van der Waals surface area contributed by atoms with E-state index < -0.39 is 0 Å². The van der Waals surface area contributed by atoms with Gasteiger partial charge in [0.15, 0.2) is 11.6 Å². The number of carbonyl (C=O) groups is 2. The van der Waals surface area contributed by atoms with E-state index in [1.807, 2.05) is 27.7 Å². The Labute approximate surface area is 116 Å². The van der Waals surface area contributed by atoms with E-state index in [0.717, 1.165) is 29.0 Å². The SMILES string of the molecule is CCC(C(C)=O)=C(C)NCCNC(C)=C(C)C(C)=O. The van der Waals surface area contributed by atoms with Crippen molar-refractivity contribution in [3.05, 3.63) is 22.5 Å². The van der Waals surface area contributed by atoms with Crippen LogP contribution in [0.5, 0.6) is 0 Å². The van der Waals surface area contributed by atoms with Crippen molar-refractivity contribution in [3.8, 4) is 0 Å². The molecular weight excluding hydrogens is 240 g/mol. The minimum atomic E-state index is 0.0823. The lowest BCUT2D eigenvalue weighted by Gasteiger charge is -2.13. The maximum Gasteiger partial charge on any atom is 0.157 e. The van der Waals surface area contributed by atoms with Crippen molar-refractivity contribution in [2.75, 3.05) is 13.1 Å². The third kappa shape index (κ3) is 6.22. The third-order valence-corrected chi connectivity index (χ3v) is 3.23. The van der Waals surface area contributed by atoms with E-state index in [1.54, 1.807) is 13.8 Å². The number of allylic oxidation sites excluding steroid dienone is 4. The van der Waals surface area contributed by atoms with Crippen molar-refractivity contribution in [3.63, 3.8) is 0 Å². The molecule has 0 aliphatic rings. The summed E-state index contributed by atoms with van der Waals surface area (Å²) < 4.78 is 0. The molecule has 0 unspecified atom stereocenters. The number of rotatable bonds is 8. The summed E-state index contributed by atoms with van der Waals surface area (Å²) in [7, 11) is 0. The highest BCUT2D eigenvalue weighted by Gasteiger charge is 2.05. The van der Waals surface area contributed by atoms with Crippen LogP contribution in [0.25, 0.3) is 0 Å². The summed E-state index contributed by atoms with van der Waals surface area (Å²) in [4.78, 5) is 22.5. The Morgan fingerprint density at radius 1 is 0.789 bits per heavy atom. The topological polar surface area (TPSA) is 58.2 Å². The van der Waals surface area contributed by atoms with Crippen LogP contribution in [0, 0.1) is 0 Å². The number of ketones is 2. The first-order valence-electron chi connectivity index (χ1n) is 6.68. The zero-order valence-corrected chi connectivity index (χ0v) is 12.9. The fourth-order valence-electron chi connectivity index (χ4n) is 1.78. The molecule has 0 aromatic carbocycles. The predicted octanol–water partition coefficient (Wildman–Crippen LogP) is 2.32. The van der Waals surface area contributed by atoms with Gasteiger partial charge in [-0.05, 0) is 41.0 Å². The smallest absolute Gasteiger partial charge is 0.157 e. The highest BCUT2D eigenvalue weighted by Crippen LogP contribution is 2.06. The van der Waals surface area contributed by atoms with Crippen molar-refractivity contribution in [1.82, 2.24) is 10.6 Å². The predicted molar refractivity (Wildman–Crippen MR) is 78.7 cm³/mol. The van der Waals surface area contributed by atoms with Crippen LogP contribution in [0.1, 0.15) is 48.0 Å². The van der Waals surface area contributed by atoms with Gasteiger partial charge in [-0.15, -0.1) is 0 Å². The second-order valence-corrected chi connectivity index (χ2v) is 4.67. The molecule has 0 rings (SSSR count). The first-order chi connectivity index (χ1) is 8.81. The highest BCUT2D eigenvalue weighted by molar-refractivity contribution is 5.94. The lowest BCUT2D eigenvalue weighted by atomic mass is 10.1. The molecule has 0 saturated heterocycles. The lowest BCUT2D eigenvalue weighted by molar-refractivity contribution is -0.114. The number of hydrogen-bond donors (Lipinski definition) is 2. The maximum absolute atomic E-state index is 11.4. The van der Waals surface area contributed by atoms with Gasteiger partial charge in [0.2, 0.25) is 0 Å². The van der Waals surface area contributed by atoms with Crippen LogP contribution in [0.15, 0.2) is 22.5 Å². The summed E-state index contributed by atoms with van der Waals surface area (Å²) in [5.74, 6) is 0.197. The Hall–Kier alpha value is -1.58. The third-order valence-electron chi connectivity index (χ3n) is 3.23. The van der Waals surface area contributed by atoms with Gasteiger partial charge in [-0.1, -0.05) is 6.92 Å². The summed E-state index contributed by atoms with van der Waals surface area (Å²) in [6, 6.07) is 0. The van der Waals surface area contributed by atoms with Crippen LogP contribution in [-0.4, -0.2) is 24.7 Å². The van der Waals surface area contributed by atoms with E-state index >= 15 is 0 Å². The van der Waals surface area contributed by atoms with Gasteiger partial charge in [0.25, 0.3) is 0 Å². The van der Waals surface area contributed by atoms with E-state index in [2.05, 4.69) is 10.6 Å². The molecule has 0 aliphatic heterocycles. The quantitative estimate of drug-likeness (QED) is 0.523. The van der Waals surface area contributed by atoms with Gasteiger partial charge in [0.05, 0.1) is 0 Å². The van der Waals surface area contributed by atoms with Crippen molar-refractivity contribution in [1.29, 1.82) is 0 Å². The molecule has 4 nitrogen and oxygen atoms in total. The van der Waals surface area contributed by atoms with Gasteiger partial charge in [-0.2, -0.15) is 0 Å². The summed E-state index contributed by atoms with van der Waals surface area (Å²) in [5.41, 5.74) is 3.43. The minimum Gasteiger partial charge on any atom is -0.386 e. The van der Waals surface area contributed by atoms with Gasteiger partial charge in [0.1, 0.15) is 0 Å². The first kappa shape index (κ1) is 17.4. The molecule has 108 valence electrons. The molecule has 2 N–H and O–H groups in total. The van der Waals surface area contributed by atoms with Crippen molar-refractivity contribution < 1.29 is 9.59 Å². The van der Waals surface area contributed by atoms with Crippen LogP contribution in [0.3, 0.4) is 0 Å². The molecule has 4 heteroatoms. The Morgan fingerprint density at radius 2 is 1.26 bits per heavy atom. The number of nitrogens with one attached hydrogen (secondary N) is 2. The van der Waals surface area contributed by atoms with Crippen LogP contribution < -0.4 is 10.6 Å².